The number of nitrogens with zero attached hydrogens (tertiary/aromatic N) is 4. The number of carbonyl (C=O) groups is 1. The Kier molecular flexibility index (Phi) is 8.68. The smallest absolute Gasteiger partial charge is 0.231 e. The number of nitrogens with one attached hydrogen (secondary N) is 1. The molecule has 3 aromatic rings. The largest absolute Gasteiger partial charge is 0.390 e. The van der Waals surface area contributed by atoms with E-state index in [0.717, 1.165) is 5.56 Å². The SMILES string of the molecule is C=CS(=O)c1cccc(Cn2ccc(C(=O)c3cncnc3N[C@@H]3C[C@H](COS(N)=O)[C@@H](O)[C@H]3O)n2)c1. The quantitative estimate of drug-likeness (QED) is 0.244. The summed E-state index contributed by atoms with van der Waals surface area (Å²) in [6, 6.07) is 8.12. The van der Waals surface area contributed by atoms with Gasteiger partial charge in [-0.05, 0) is 30.2 Å². The highest BCUT2D eigenvalue weighted by atomic mass is 32.2. The van der Waals surface area contributed by atoms with Crippen LogP contribution >= 0.6 is 0 Å². The first-order chi connectivity index (χ1) is 17.8. The monoisotopic (exact) mass is 546 g/mol. The summed E-state index contributed by atoms with van der Waals surface area (Å²) in [5.74, 6) is -0.775. The highest BCUT2D eigenvalue weighted by Gasteiger charge is 2.42. The third kappa shape index (κ3) is 6.41. The van der Waals surface area contributed by atoms with Gasteiger partial charge in [-0.1, -0.05) is 18.7 Å². The van der Waals surface area contributed by atoms with E-state index in [1.54, 1.807) is 35.1 Å². The van der Waals surface area contributed by atoms with E-state index < -0.39 is 52.0 Å². The summed E-state index contributed by atoms with van der Waals surface area (Å²) in [6.07, 6.45) is 2.21. The van der Waals surface area contributed by atoms with Crippen molar-refractivity contribution in [1.82, 2.24) is 19.7 Å². The fraction of sp³-hybridized carbons (Fsp3) is 0.304. The Balaban J connectivity index is 1.47. The lowest BCUT2D eigenvalue weighted by Crippen LogP contribution is -2.36. The third-order valence-corrected chi connectivity index (χ3v) is 7.37. The zero-order valence-electron chi connectivity index (χ0n) is 19.5. The van der Waals surface area contributed by atoms with E-state index >= 15 is 0 Å². The molecule has 1 aliphatic rings. The topological polar surface area (TPSA) is 183 Å². The molecule has 0 bridgehead atoms. The molecule has 0 amide bonds. The number of aromatic nitrogens is 4. The number of anilines is 1. The Morgan fingerprint density at radius 3 is 2.86 bits per heavy atom. The van der Waals surface area contributed by atoms with Gasteiger partial charge >= 0.3 is 0 Å². The maximum absolute atomic E-state index is 13.2. The fourth-order valence-corrected chi connectivity index (χ4v) is 5.12. The molecule has 0 saturated heterocycles. The van der Waals surface area contributed by atoms with Crippen LogP contribution in [0.4, 0.5) is 5.82 Å². The molecule has 0 spiro atoms. The van der Waals surface area contributed by atoms with Gasteiger partial charge in [0.15, 0.2) is 0 Å². The van der Waals surface area contributed by atoms with Gasteiger partial charge in [0.1, 0.15) is 23.9 Å². The molecule has 1 aliphatic carbocycles. The van der Waals surface area contributed by atoms with Crippen LogP contribution in [0.3, 0.4) is 0 Å². The minimum Gasteiger partial charge on any atom is -0.390 e. The first kappa shape index (κ1) is 26.9. The van der Waals surface area contributed by atoms with Gasteiger partial charge in [-0.3, -0.25) is 13.7 Å². The van der Waals surface area contributed by atoms with Crippen molar-refractivity contribution < 1.29 is 27.6 Å². The van der Waals surface area contributed by atoms with Crippen molar-refractivity contribution in [2.75, 3.05) is 11.9 Å². The molecule has 1 aromatic carbocycles. The highest BCUT2D eigenvalue weighted by molar-refractivity contribution is 7.88. The normalized spacial score (nSPS) is 22.9. The number of aliphatic hydroxyl groups excluding tert-OH is 2. The van der Waals surface area contributed by atoms with Crippen molar-refractivity contribution in [2.24, 2.45) is 11.1 Å². The van der Waals surface area contributed by atoms with Crippen molar-refractivity contribution in [3.8, 4) is 0 Å². The van der Waals surface area contributed by atoms with Gasteiger partial charge in [-0.2, -0.15) is 5.10 Å². The third-order valence-electron chi connectivity index (χ3n) is 5.98. The lowest BCUT2D eigenvalue weighted by atomic mass is 10.1. The average molecular weight is 547 g/mol. The van der Waals surface area contributed by atoms with Crippen LogP contribution in [0.2, 0.25) is 0 Å². The molecule has 12 nitrogen and oxygen atoms in total. The summed E-state index contributed by atoms with van der Waals surface area (Å²) in [7, 11) is -1.30. The second-order valence-electron chi connectivity index (χ2n) is 8.40. The van der Waals surface area contributed by atoms with Crippen molar-refractivity contribution in [3.63, 3.8) is 0 Å². The Hall–Kier alpha value is -3.14. The van der Waals surface area contributed by atoms with Crippen molar-refractivity contribution in [1.29, 1.82) is 0 Å². The Morgan fingerprint density at radius 2 is 2.11 bits per heavy atom. The summed E-state index contributed by atoms with van der Waals surface area (Å²) in [5, 5.41) is 34.6. The van der Waals surface area contributed by atoms with Crippen LogP contribution in [0.25, 0.3) is 0 Å². The predicted molar refractivity (Wildman–Crippen MR) is 136 cm³/mol. The second-order valence-corrected chi connectivity index (χ2v) is 10.6. The summed E-state index contributed by atoms with van der Waals surface area (Å²) in [6.45, 7) is 3.81. The molecule has 196 valence electrons. The zero-order chi connectivity index (χ0) is 26.5. The van der Waals surface area contributed by atoms with Crippen LogP contribution in [-0.4, -0.2) is 69.0 Å². The van der Waals surface area contributed by atoms with Gasteiger partial charge in [0.2, 0.25) is 17.0 Å². The number of hydrogen-bond donors (Lipinski definition) is 4. The van der Waals surface area contributed by atoms with E-state index in [0.29, 0.717) is 11.4 Å². The number of hydrogen-bond acceptors (Lipinski definition) is 10. The highest BCUT2D eigenvalue weighted by Crippen LogP contribution is 2.30. The maximum atomic E-state index is 13.2. The van der Waals surface area contributed by atoms with E-state index in [-0.39, 0.29) is 30.1 Å². The summed E-state index contributed by atoms with van der Waals surface area (Å²) < 4.78 is 29.5. The molecule has 2 unspecified atom stereocenters. The molecule has 37 heavy (non-hydrogen) atoms. The van der Waals surface area contributed by atoms with Crippen LogP contribution in [0.15, 0.2) is 65.9 Å². The van der Waals surface area contributed by atoms with Gasteiger partial charge < -0.3 is 15.5 Å². The molecule has 4 rings (SSSR count). The Bertz CT molecular complexity index is 1330. The molecule has 14 heteroatoms. The molecular formula is C23H26N6O6S2. The van der Waals surface area contributed by atoms with Crippen LogP contribution < -0.4 is 10.5 Å². The molecule has 5 N–H and O–H groups in total. The van der Waals surface area contributed by atoms with Crippen LogP contribution in [-0.2, 0) is 32.8 Å². The van der Waals surface area contributed by atoms with E-state index in [1.165, 1.54) is 17.9 Å². The van der Waals surface area contributed by atoms with Crippen molar-refractivity contribution >= 4 is 33.7 Å². The first-order valence-electron chi connectivity index (χ1n) is 11.2. The van der Waals surface area contributed by atoms with Gasteiger partial charge in [0.05, 0.1) is 41.7 Å². The Morgan fingerprint density at radius 1 is 1.30 bits per heavy atom. The standard InChI is InChI=1S/C23H26N6O6S2/c1-2-36(33)16-5-3-4-14(8-16)11-29-7-6-18(28-29)21(31)17-10-25-13-26-23(17)27-19-9-15(12-35-37(24)34)20(30)22(19)32/h2-8,10,13,15,19-20,22,30,32H,1,9,11-12,24H2,(H,25,26,27)/t15-,19-,20-,22+,36?,37?/m1/s1. The fourth-order valence-electron chi connectivity index (χ4n) is 4.13. The van der Waals surface area contributed by atoms with Crippen LogP contribution in [0, 0.1) is 5.92 Å². The summed E-state index contributed by atoms with van der Waals surface area (Å²) >= 11 is -1.99. The van der Waals surface area contributed by atoms with E-state index in [4.69, 9.17) is 9.32 Å². The van der Waals surface area contributed by atoms with E-state index in [1.807, 2.05) is 6.07 Å². The first-order valence-corrected chi connectivity index (χ1v) is 13.5. The molecule has 6 atom stereocenters. The number of ketones is 1. The second kappa shape index (κ2) is 11.9. The van der Waals surface area contributed by atoms with Gasteiger partial charge in [-0.15, -0.1) is 0 Å². The summed E-state index contributed by atoms with van der Waals surface area (Å²) in [4.78, 5) is 22.0. The van der Waals surface area contributed by atoms with Crippen LogP contribution in [0.1, 0.15) is 28.0 Å². The van der Waals surface area contributed by atoms with E-state index in [9.17, 15) is 23.4 Å². The number of benzene rings is 1. The average Bonchev–Trinajstić information content (AvgIpc) is 3.47. The van der Waals surface area contributed by atoms with Gasteiger partial charge in [-0.25, -0.2) is 23.5 Å². The molecule has 0 aliphatic heterocycles. The molecule has 0 radical (unpaired) electrons. The zero-order valence-corrected chi connectivity index (χ0v) is 21.2. The van der Waals surface area contributed by atoms with Gasteiger partial charge in [0.25, 0.3) is 0 Å². The number of carbonyl (C=O) groups excluding carboxylic acids is 1. The van der Waals surface area contributed by atoms with Crippen molar-refractivity contribution in [3.05, 3.63) is 77.9 Å². The molecular weight excluding hydrogens is 520 g/mol. The number of nitrogens with two attached hydrogens (primary N) is 1. The summed E-state index contributed by atoms with van der Waals surface area (Å²) in [5.41, 5.74) is 1.15. The molecule has 1 saturated carbocycles. The minimum atomic E-state index is -1.99. The van der Waals surface area contributed by atoms with Crippen LogP contribution in [0.5, 0.6) is 0 Å². The van der Waals surface area contributed by atoms with Gasteiger partial charge in [0, 0.05) is 28.6 Å². The van der Waals surface area contributed by atoms with Crippen molar-refractivity contribution in [2.45, 2.75) is 36.1 Å². The lowest BCUT2D eigenvalue weighted by molar-refractivity contribution is 0.00835. The maximum Gasteiger partial charge on any atom is 0.231 e. The van der Waals surface area contributed by atoms with E-state index in [2.05, 4.69) is 27.0 Å². The predicted octanol–water partition coefficient (Wildman–Crippen LogP) is 0.280. The minimum absolute atomic E-state index is 0.0983. The molecule has 2 heterocycles. The molecule has 2 aromatic heterocycles. The lowest BCUT2D eigenvalue weighted by Gasteiger charge is -2.19. The molecule has 1 fully saturated rings. The number of rotatable bonds is 11. The Labute approximate surface area is 217 Å². The number of aliphatic hydroxyl groups is 2.